The standard InChI is InChI=1S/C30H25NO7/c1-16-24(30(35)37-3)25(26-27(31-16)20-6-4-5-7-21(20)28(26)32)19-12-13-22(23(14-19)36-2)38-15-17-8-10-18(11-9-17)29(33)34/h4-14,25,31H,15H2,1-3H3,(H,33,34)/t25-/m0/s1. The van der Waals surface area contributed by atoms with E-state index in [0.717, 1.165) is 11.1 Å². The number of dihydropyridines is 1. The van der Waals surface area contributed by atoms with Gasteiger partial charge in [0.25, 0.3) is 0 Å². The molecule has 1 heterocycles. The van der Waals surface area contributed by atoms with Gasteiger partial charge in [-0.2, -0.15) is 0 Å². The maximum absolute atomic E-state index is 13.6. The van der Waals surface area contributed by atoms with Crippen LogP contribution in [-0.4, -0.2) is 37.0 Å². The first kappa shape index (κ1) is 24.8. The van der Waals surface area contributed by atoms with Crippen LogP contribution >= 0.6 is 0 Å². The van der Waals surface area contributed by atoms with E-state index in [9.17, 15) is 14.4 Å². The van der Waals surface area contributed by atoms with Crippen molar-refractivity contribution in [2.24, 2.45) is 0 Å². The average molecular weight is 512 g/mol. The molecule has 0 spiro atoms. The van der Waals surface area contributed by atoms with Crippen LogP contribution in [0.5, 0.6) is 11.5 Å². The van der Waals surface area contributed by atoms with Crippen LogP contribution in [0.1, 0.15) is 50.2 Å². The molecule has 5 rings (SSSR count). The number of fused-ring (bicyclic) bond motifs is 2. The number of aromatic carboxylic acids is 1. The van der Waals surface area contributed by atoms with E-state index in [1.54, 1.807) is 43.3 Å². The van der Waals surface area contributed by atoms with Gasteiger partial charge in [-0.15, -0.1) is 0 Å². The molecule has 0 saturated carbocycles. The Hall–Kier alpha value is -4.85. The molecular weight excluding hydrogens is 486 g/mol. The lowest BCUT2D eigenvalue weighted by Gasteiger charge is -2.29. The molecule has 3 aromatic carbocycles. The number of nitrogens with one attached hydrogen (secondary N) is 1. The van der Waals surface area contributed by atoms with Crippen molar-refractivity contribution in [2.45, 2.75) is 19.4 Å². The highest BCUT2D eigenvalue weighted by Gasteiger charge is 2.43. The minimum atomic E-state index is -0.995. The second-order valence-electron chi connectivity index (χ2n) is 8.95. The summed E-state index contributed by atoms with van der Waals surface area (Å²) in [5.41, 5.74) is 5.15. The van der Waals surface area contributed by atoms with Gasteiger partial charge < -0.3 is 24.6 Å². The van der Waals surface area contributed by atoms with E-state index in [0.29, 0.717) is 45.2 Å². The number of ketones is 1. The third-order valence-corrected chi connectivity index (χ3v) is 6.77. The number of esters is 1. The Balaban J connectivity index is 1.51. The number of hydrogen-bond donors (Lipinski definition) is 2. The van der Waals surface area contributed by atoms with Crippen LogP contribution in [0.15, 0.2) is 83.6 Å². The highest BCUT2D eigenvalue weighted by molar-refractivity contribution is 6.23. The second kappa shape index (κ2) is 9.89. The van der Waals surface area contributed by atoms with Crippen molar-refractivity contribution in [1.82, 2.24) is 5.32 Å². The molecule has 2 aliphatic rings. The van der Waals surface area contributed by atoms with Crippen LogP contribution in [0.2, 0.25) is 0 Å². The number of carboxylic acids is 1. The van der Waals surface area contributed by atoms with Crippen molar-refractivity contribution in [3.8, 4) is 11.5 Å². The maximum Gasteiger partial charge on any atom is 0.336 e. The van der Waals surface area contributed by atoms with Crippen LogP contribution in [0, 0.1) is 0 Å². The Bertz CT molecular complexity index is 1530. The molecule has 0 fully saturated rings. The Morgan fingerprint density at radius 1 is 0.947 bits per heavy atom. The third-order valence-electron chi connectivity index (χ3n) is 6.77. The van der Waals surface area contributed by atoms with Gasteiger partial charge in [0, 0.05) is 28.3 Å². The number of carbonyl (C=O) groups is 3. The van der Waals surface area contributed by atoms with Gasteiger partial charge in [0.2, 0.25) is 0 Å². The van der Waals surface area contributed by atoms with E-state index < -0.39 is 17.9 Å². The molecule has 0 saturated heterocycles. The van der Waals surface area contributed by atoms with Gasteiger partial charge in [-0.1, -0.05) is 42.5 Å². The highest BCUT2D eigenvalue weighted by atomic mass is 16.5. The normalized spacial score (nSPS) is 16.0. The van der Waals surface area contributed by atoms with E-state index in [1.807, 2.05) is 18.2 Å². The van der Waals surface area contributed by atoms with Crippen LogP contribution in [-0.2, 0) is 16.1 Å². The lowest BCUT2D eigenvalue weighted by Crippen LogP contribution is -2.29. The summed E-state index contributed by atoms with van der Waals surface area (Å²) in [6.07, 6.45) is 0. The molecule has 0 amide bonds. The Morgan fingerprint density at radius 3 is 2.32 bits per heavy atom. The molecule has 3 aromatic rings. The van der Waals surface area contributed by atoms with E-state index >= 15 is 0 Å². The van der Waals surface area contributed by atoms with Gasteiger partial charge in [-0.3, -0.25) is 4.79 Å². The van der Waals surface area contributed by atoms with Crippen LogP contribution in [0.3, 0.4) is 0 Å². The van der Waals surface area contributed by atoms with Gasteiger partial charge in [0.1, 0.15) is 6.61 Å². The topological polar surface area (TPSA) is 111 Å². The SMILES string of the molecule is COC(=O)C1=C(C)NC2=C(C(=O)c3ccccc32)[C@H]1c1ccc(OCc2ccc(C(=O)O)cc2)c(OC)c1. The largest absolute Gasteiger partial charge is 0.493 e. The Labute approximate surface area is 219 Å². The smallest absolute Gasteiger partial charge is 0.336 e. The summed E-state index contributed by atoms with van der Waals surface area (Å²) in [4.78, 5) is 37.6. The van der Waals surface area contributed by atoms with Crippen LogP contribution in [0.25, 0.3) is 5.70 Å². The first-order valence-corrected chi connectivity index (χ1v) is 11.9. The van der Waals surface area contributed by atoms with E-state index in [-0.39, 0.29) is 18.0 Å². The zero-order chi connectivity index (χ0) is 27.0. The molecule has 1 aliphatic heterocycles. The van der Waals surface area contributed by atoms with Gasteiger partial charge >= 0.3 is 11.9 Å². The average Bonchev–Trinajstić information content (AvgIpc) is 3.22. The predicted octanol–water partition coefficient (Wildman–Crippen LogP) is 4.71. The van der Waals surface area contributed by atoms with E-state index in [1.165, 1.54) is 26.4 Å². The summed E-state index contributed by atoms with van der Waals surface area (Å²) in [6.45, 7) is 1.98. The lowest BCUT2D eigenvalue weighted by molar-refractivity contribution is -0.136. The molecule has 0 unspecified atom stereocenters. The van der Waals surface area contributed by atoms with Gasteiger partial charge in [-0.25, -0.2) is 9.59 Å². The molecule has 192 valence electrons. The molecule has 8 nitrogen and oxygen atoms in total. The highest BCUT2D eigenvalue weighted by Crippen LogP contribution is 2.47. The van der Waals surface area contributed by atoms with Gasteiger partial charge in [0.15, 0.2) is 17.3 Å². The van der Waals surface area contributed by atoms with Crippen molar-refractivity contribution < 1.29 is 33.7 Å². The van der Waals surface area contributed by atoms with E-state index in [2.05, 4.69) is 5.32 Å². The summed E-state index contributed by atoms with van der Waals surface area (Å²) in [5, 5.41) is 12.4. The number of hydrogen-bond acceptors (Lipinski definition) is 7. The Morgan fingerprint density at radius 2 is 1.66 bits per heavy atom. The summed E-state index contributed by atoms with van der Waals surface area (Å²) >= 11 is 0. The first-order valence-electron chi connectivity index (χ1n) is 11.9. The summed E-state index contributed by atoms with van der Waals surface area (Å²) in [5.74, 6) is -1.46. The molecule has 38 heavy (non-hydrogen) atoms. The maximum atomic E-state index is 13.6. The number of carboxylic acid groups (broad SMARTS) is 1. The fourth-order valence-electron chi connectivity index (χ4n) is 4.93. The second-order valence-corrected chi connectivity index (χ2v) is 8.95. The molecular formula is C30H25NO7. The van der Waals surface area contributed by atoms with Gasteiger partial charge in [-0.05, 0) is 42.3 Å². The number of benzene rings is 3. The van der Waals surface area contributed by atoms with Crippen LogP contribution in [0.4, 0.5) is 0 Å². The zero-order valence-corrected chi connectivity index (χ0v) is 21.0. The molecule has 0 aromatic heterocycles. The molecule has 1 aliphatic carbocycles. The summed E-state index contributed by atoms with van der Waals surface area (Å²) in [7, 11) is 2.83. The number of allylic oxidation sites excluding steroid dienone is 2. The Kier molecular flexibility index (Phi) is 6.46. The van der Waals surface area contributed by atoms with Crippen molar-refractivity contribution in [3.63, 3.8) is 0 Å². The molecule has 0 radical (unpaired) electrons. The minimum Gasteiger partial charge on any atom is -0.493 e. The van der Waals surface area contributed by atoms with Crippen molar-refractivity contribution in [1.29, 1.82) is 0 Å². The number of Topliss-reactive ketones (excluding diaryl/α,β-unsaturated/α-hetero) is 1. The quantitative estimate of drug-likeness (QED) is 0.439. The predicted molar refractivity (Wildman–Crippen MR) is 139 cm³/mol. The molecule has 1 atom stereocenters. The number of carbonyl (C=O) groups excluding carboxylic acids is 2. The number of methoxy groups -OCH3 is 2. The lowest BCUT2D eigenvalue weighted by atomic mass is 9.79. The van der Waals surface area contributed by atoms with Crippen molar-refractivity contribution in [2.75, 3.05) is 14.2 Å². The third kappa shape index (κ3) is 4.20. The first-order chi connectivity index (χ1) is 18.3. The molecule has 2 N–H and O–H groups in total. The van der Waals surface area contributed by atoms with Crippen LogP contribution < -0.4 is 14.8 Å². The number of ether oxygens (including phenoxy) is 3. The van der Waals surface area contributed by atoms with Gasteiger partial charge in [0.05, 0.1) is 31.1 Å². The van der Waals surface area contributed by atoms with Crippen molar-refractivity contribution in [3.05, 3.63) is 111 Å². The molecule has 8 heteroatoms. The fraction of sp³-hybridized carbons (Fsp3) is 0.167. The zero-order valence-electron chi connectivity index (χ0n) is 21.0. The number of rotatable bonds is 7. The van der Waals surface area contributed by atoms with E-state index in [4.69, 9.17) is 19.3 Å². The fourth-order valence-corrected chi connectivity index (χ4v) is 4.93. The summed E-state index contributed by atoms with van der Waals surface area (Å²) in [6, 6.07) is 19.1. The minimum absolute atomic E-state index is 0.147. The molecule has 0 bridgehead atoms. The summed E-state index contributed by atoms with van der Waals surface area (Å²) < 4.78 is 16.7. The monoisotopic (exact) mass is 511 g/mol. The van der Waals surface area contributed by atoms with Crippen molar-refractivity contribution >= 4 is 23.4 Å².